The molecule has 1 radical (unpaired) electrons. The smallest absolute Gasteiger partial charge is 0.314 e. The third-order valence-electron chi connectivity index (χ3n) is 1.06. The fraction of sp³-hybridized carbons (Fsp3) is 0.143. The lowest BCUT2D eigenvalue weighted by atomic mass is 10.2. The van der Waals surface area contributed by atoms with Crippen molar-refractivity contribution in [3.63, 3.8) is 0 Å². The fourth-order valence-electron chi connectivity index (χ4n) is 0.658. The summed E-state index contributed by atoms with van der Waals surface area (Å²) in [4.78, 5) is 14.0. The molecule has 0 spiro atoms. The van der Waals surface area contributed by atoms with Gasteiger partial charge in [0.05, 0.1) is 4.99 Å². The van der Waals surface area contributed by atoms with Gasteiger partial charge in [-0.2, -0.15) is 0 Å². The van der Waals surface area contributed by atoms with Crippen LogP contribution in [-0.2, 0) is 4.79 Å². The molecule has 0 saturated carbocycles. The third-order valence-corrected chi connectivity index (χ3v) is 1.06. The van der Waals surface area contributed by atoms with Crippen molar-refractivity contribution in [1.29, 1.82) is 0 Å². The normalized spacial score (nSPS) is 13.6. The summed E-state index contributed by atoms with van der Waals surface area (Å²) < 4.78 is 0. The maximum absolute atomic E-state index is 10.1. The molecule has 0 bridgehead atoms. The number of allylic oxidation sites excluding steroid dienone is 3. The van der Waals surface area contributed by atoms with Gasteiger partial charge in [0.1, 0.15) is 6.42 Å². The van der Waals surface area contributed by atoms with Gasteiger partial charge in [-0.1, -0.05) is 0 Å². The molecule has 0 aromatic rings. The van der Waals surface area contributed by atoms with E-state index in [1.165, 1.54) is 0 Å². The largest absolute Gasteiger partial charge is 1.00 e. The van der Waals surface area contributed by atoms with E-state index in [0.717, 1.165) is 0 Å². The Morgan fingerprint density at radius 1 is 1.55 bits per heavy atom. The zero-order valence-electron chi connectivity index (χ0n) is 5.70. The molecule has 59 valence electrons. The quantitative estimate of drug-likeness (QED) is 0.494. The molecule has 0 atom stereocenters. The molecule has 1 heterocycles. The lowest BCUT2D eigenvalue weighted by Crippen LogP contribution is -3.00. The first kappa shape index (κ1) is 9.91. The van der Waals surface area contributed by atoms with Gasteiger partial charge in [0.2, 0.25) is 6.21 Å². The third kappa shape index (κ3) is 3.57. The first-order chi connectivity index (χ1) is 4.79. The van der Waals surface area contributed by atoms with E-state index in [9.17, 15) is 4.79 Å². The van der Waals surface area contributed by atoms with Crippen LogP contribution in [0.2, 0.25) is 0 Å². The molecule has 0 aliphatic carbocycles. The second kappa shape index (κ2) is 4.68. The number of hydrogen-bond donors (Lipinski definition) is 1. The molecule has 1 N–H and O–H groups in total. The van der Waals surface area contributed by atoms with Crippen LogP contribution >= 0.6 is 0 Å². The molecule has 11 heavy (non-hydrogen) atoms. The van der Waals surface area contributed by atoms with Gasteiger partial charge in [-0.3, -0.25) is 4.79 Å². The Hall–Kier alpha value is -1.09. The highest BCUT2D eigenvalue weighted by molar-refractivity contribution is 5.75. The Morgan fingerprint density at radius 3 is 2.73 bits per heavy atom. The van der Waals surface area contributed by atoms with E-state index in [-0.39, 0.29) is 18.8 Å². The summed E-state index contributed by atoms with van der Waals surface area (Å²) in [5, 5.41) is 8.33. The van der Waals surface area contributed by atoms with Crippen LogP contribution in [0.25, 0.3) is 0 Å². The SMILES string of the molecule is O=C(O)CC1=CC=CC=[N+]1.[Cl-]. The summed E-state index contributed by atoms with van der Waals surface area (Å²) in [5.74, 6) is -0.848. The molecule has 0 aromatic carbocycles. The van der Waals surface area contributed by atoms with Crippen LogP contribution in [0, 0.1) is 0 Å². The van der Waals surface area contributed by atoms with E-state index in [1.54, 1.807) is 24.4 Å². The van der Waals surface area contributed by atoms with Crippen molar-refractivity contribution in [2.24, 2.45) is 0 Å². The standard InChI is InChI=1S/C7H7NO2.ClH/c9-7(10)5-6-3-1-2-4-8-6;/h1-4H,5H2,(H,9,10);1H/q+1;/p-1. The molecule has 1 aliphatic heterocycles. The second-order valence-electron chi connectivity index (χ2n) is 1.89. The minimum atomic E-state index is -0.848. The summed E-state index contributed by atoms with van der Waals surface area (Å²) in [6.07, 6.45) is 6.80. The Morgan fingerprint density at radius 2 is 2.27 bits per heavy atom. The highest BCUT2D eigenvalue weighted by atomic mass is 35.5. The molecule has 0 amide bonds. The van der Waals surface area contributed by atoms with E-state index in [1.807, 2.05) is 0 Å². The van der Waals surface area contributed by atoms with Gasteiger partial charge in [0.25, 0.3) is 5.70 Å². The predicted octanol–water partition coefficient (Wildman–Crippen LogP) is -2.67. The first-order valence-corrected chi connectivity index (χ1v) is 2.91. The number of hydrogen-bond acceptors (Lipinski definition) is 2. The molecular weight excluding hydrogens is 166 g/mol. The molecule has 1 aliphatic rings. The van der Waals surface area contributed by atoms with Gasteiger partial charge in [-0.15, -0.1) is 0 Å². The minimum Gasteiger partial charge on any atom is -1.00 e. The van der Waals surface area contributed by atoms with Crippen LogP contribution in [-0.4, -0.2) is 17.3 Å². The van der Waals surface area contributed by atoms with Crippen LogP contribution < -0.4 is 17.4 Å². The van der Waals surface area contributed by atoms with Crippen LogP contribution in [0.5, 0.6) is 0 Å². The number of carboxylic acid groups (broad SMARTS) is 1. The molecule has 3 nitrogen and oxygen atoms in total. The fourth-order valence-corrected chi connectivity index (χ4v) is 0.658. The number of nitrogens with zero attached hydrogens (tertiary/aromatic N) is 1. The van der Waals surface area contributed by atoms with Gasteiger partial charge in [0, 0.05) is 12.2 Å². The predicted molar refractivity (Wildman–Crippen MR) is 37.7 cm³/mol. The molecule has 0 fully saturated rings. The number of rotatable bonds is 2. The highest BCUT2D eigenvalue weighted by Gasteiger charge is 2.12. The van der Waals surface area contributed by atoms with E-state index >= 15 is 0 Å². The molecule has 4 heteroatoms. The lowest BCUT2D eigenvalue weighted by Gasteiger charge is -1.84. The number of aliphatic imine (C=N–C) groups is 1. The van der Waals surface area contributed by atoms with Gasteiger partial charge in [0.15, 0.2) is 0 Å². The van der Waals surface area contributed by atoms with Crippen molar-refractivity contribution < 1.29 is 22.3 Å². The Labute approximate surface area is 70.5 Å². The van der Waals surface area contributed by atoms with E-state index < -0.39 is 5.97 Å². The van der Waals surface area contributed by atoms with E-state index in [2.05, 4.69) is 4.99 Å². The maximum atomic E-state index is 10.1. The second-order valence-corrected chi connectivity index (χ2v) is 1.89. The number of carboxylic acids is 1. The van der Waals surface area contributed by atoms with Gasteiger partial charge >= 0.3 is 5.97 Å². The zero-order valence-corrected chi connectivity index (χ0v) is 6.45. The summed E-state index contributed by atoms with van der Waals surface area (Å²) in [6.45, 7) is 0. The Bertz CT molecular complexity index is 231. The van der Waals surface area contributed by atoms with Crippen molar-refractivity contribution in [3.8, 4) is 0 Å². The minimum absolute atomic E-state index is 0. The van der Waals surface area contributed by atoms with Gasteiger partial charge in [-0.05, 0) is 6.08 Å². The van der Waals surface area contributed by atoms with Gasteiger partial charge < -0.3 is 17.5 Å². The van der Waals surface area contributed by atoms with Crippen molar-refractivity contribution >= 4 is 12.2 Å². The summed E-state index contributed by atoms with van der Waals surface area (Å²) in [7, 11) is 0. The van der Waals surface area contributed by atoms with Crippen molar-refractivity contribution in [1.82, 2.24) is 4.99 Å². The van der Waals surface area contributed by atoms with Crippen LogP contribution in [0.1, 0.15) is 6.42 Å². The monoisotopic (exact) mass is 172 g/mol. The summed E-state index contributed by atoms with van der Waals surface area (Å²) in [6, 6.07) is 0. The average Bonchev–Trinajstić information content (AvgIpc) is 1.88. The van der Waals surface area contributed by atoms with Crippen molar-refractivity contribution in [2.75, 3.05) is 0 Å². The molecule has 0 aromatic heterocycles. The number of carbonyl (C=O) groups is 1. The lowest BCUT2D eigenvalue weighted by molar-refractivity contribution is -0.136. The first-order valence-electron chi connectivity index (χ1n) is 2.91. The number of halogens is 1. The van der Waals surface area contributed by atoms with Crippen LogP contribution in [0.15, 0.2) is 23.9 Å². The summed E-state index contributed by atoms with van der Waals surface area (Å²) in [5.41, 5.74) is 0.593. The zero-order chi connectivity index (χ0) is 7.40. The van der Waals surface area contributed by atoms with Crippen molar-refractivity contribution in [2.45, 2.75) is 6.42 Å². The number of aliphatic carboxylic acids is 1. The summed E-state index contributed by atoms with van der Waals surface area (Å²) >= 11 is 0. The van der Waals surface area contributed by atoms with Crippen LogP contribution in [0.3, 0.4) is 0 Å². The average molecular weight is 173 g/mol. The maximum Gasteiger partial charge on any atom is 0.314 e. The topological polar surface area (TPSA) is 51.4 Å². The Kier molecular flexibility index (Phi) is 4.22. The van der Waals surface area contributed by atoms with Crippen molar-refractivity contribution in [3.05, 3.63) is 23.9 Å². The van der Waals surface area contributed by atoms with Crippen LogP contribution in [0.4, 0.5) is 0 Å². The van der Waals surface area contributed by atoms with Gasteiger partial charge in [-0.25, -0.2) is 0 Å². The Balaban J connectivity index is 0.000001000. The van der Waals surface area contributed by atoms with E-state index in [0.29, 0.717) is 5.70 Å². The highest BCUT2D eigenvalue weighted by Crippen LogP contribution is 1.98. The molecule has 0 unspecified atom stereocenters. The molecule has 0 saturated heterocycles. The van der Waals surface area contributed by atoms with E-state index in [4.69, 9.17) is 5.11 Å². The molecular formula is C7H7ClNO2. The molecule has 1 rings (SSSR count).